The molecule has 0 aliphatic carbocycles. The maximum Gasteiger partial charge on any atom is 0.356 e. The van der Waals surface area contributed by atoms with E-state index in [1.807, 2.05) is 6.07 Å². The van der Waals surface area contributed by atoms with Gasteiger partial charge in [0, 0.05) is 18.5 Å². The van der Waals surface area contributed by atoms with Gasteiger partial charge in [0.05, 0.1) is 7.11 Å². The van der Waals surface area contributed by atoms with Gasteiger partial charge in [-0.05, 0) is 45.4 Å². The van der Waals surface area contributed by atoms with Crippen LogP contribution in [0.15, 0.2) is 18.2 Å². The number of aromatic nitrogens is 3. The van der Waals surface area contributed by atoms with Crippen molar-refractivity contribution in [3.8, 4) is 0 Å². The second-order valence-electron chi connectivity index (χ2n) is 6.03. The Morgan fingerprint density at radius 2 is 2.27 bits per heavy atom. The number of esters is 1. The number of carbonyl (C=O) groups is 1. The Kier molecular flexibility index (Phi) is 4.11. The minimum absolute atomic E-state index is 0.397. The topological polar surface area (TPSA) is 59.7 Å². The molecule has 0 radical (unpaired) electrons. The van der Waals surface area contributed by atoms with E-state index in [9.17, 15) is 4.79 Å². The molecule has 1 aliphatic rings. The average Bonchev–Trinajstić information content (AvgIpc) is 3.12. The van der Waals surface area contributed by atoms with E-state index in [-0.39, 0.29) is 0 Å². The van der Waals surface area contributed by atoms with E-state index in [1.165, 1.54) is 20.0 Å². The van der Waals surface area contributed by atoms with Crippen LogP contribution in [-0.4, -0.2) is 51.2 Å². The number of ether oxygens (including phenoxy) is 1. The molecule has 6 heteroatoms. The highest BCUT2D eigenvalue weighted by Gasteiger charge is 2.28. The number of pyridine rings is 1. The molecule has 6 nitrogen and oxygen atoms in total. The van der Waals surface area contributed by atoms with E-state index < -0.39 is 5.97 Å². The molecule has 0 aromatic carbocycles. The van der Waals surface area contributed by atoms with Gasteiger partial charge in [-0.25, -0.2) is 14.3 Å². The molecule has 1 fully saturated rings. The highest BCUT2D eigenvalue weighted by atomic mass is 16.5. The standard InChI is InChI=1S/C16H22N4O2/c1-11(2)19-9-5-6-12(19)10-14-17-15-8-4-7-13(16(21)22-3)20(15)18-14/h4,7-8,11-12H,5-6,9-10H2,1-3H3. The lowest BCUT2D eigenvalue weighted by Crippen LogP contribution is -2.36. The van der Waals surface area contributed by atoms with Crippen LogP contribution in [0.25, 0.3) is 5.65 Å². The first kappa shape index (κ1) is 15.0. The molecule has 0 amide bonds. The van der Waals surface area contributed by atoms with Crippen molar-refractivity contribution in [1.29, 1.82) is 0 Å². The summed E-state index contributed by atoms with van der Waals surface area (Å²) < 4.78 is 6.38. The number of fused-ring (bicyclic) bond motifs is 1. The van der Waals surface area contributed by atoms with Gasteiger partial charge in [0.15, 0.2) is 17.2 Å². The Morgan fingerprint density at radius 3 is 3.00 bits per heavy atom. The van der Waals surface area contributed by atoms with Crippen molar-refractivity contribution in [2.45, 2.75) is 45.2 Å². The number of nitrogens with zero attached hydrogens (tertiary/aromatic N) is 4. The lowest BCUT2D eigenvalue weighted by Gasteiger charge is -2.27. The van der Waals surface area contributed by atoms with Crippen LogP contribution < -0.4 is 0 Å². The van der Waals surface area contributed by atoms with Gasteiger partial charge < -0.3 is 4.74 Å². The van der Waals surface area contributed by atoms with Crippen LogP contribution in [0.1, 0.15) is 43.0 Å². The smallest absolute Gasteiger partial charge is 0.356 e. The summed E-state index contributed by atoms with van der Waals surface area (Å²) in [7, 11) is 1.37. The molecule has 1 atom stereocenters. The number of likely N-dealkylation sites (tertiary alicyclic amines) is 1. The number of rotatable bonds is 4. The third-order valence-corrected chi connectivity index (χ3v) is 4.30. The summed E-state index contributed by atoms with van der Waals surface area (Å²) >= 11 is 0. The number of hydrogen-bond acceptors (Lipinski definition) is 5. The maximum absolute atomic E-state index is 11.8. The first-order valence-electron chi connectivity index (χ1n) is 7.79. The van der Waals surface area contributed by atoms with Crippen molar-refractivity contribution in [1.82, 2.24) is 19.5 Å². The summed E-state index contributed by atoms with van der Waals surface area (Å²) in [4.78, 5) is 18.9. The zero-order chi connectivity index (χ0) is 15.7. The van der Waals surface area contributed by atoms with Crippen molar-refractivity contribution in [3.63, 3.8) is 0 Å². The lowest BCUT2D eigenvalue weighted by atomic mass is 10.1. The molecule has 2 aromatic heterocycles. The third-order valence-electron chi connectivity index (χ3n) is 4.30. The fourth-order valence-electron chi connectivity index (χ4n) is 3.26. The van der Waals surface area contributed by atoms with E-state index in [0.29, 0.717) is 23.4 Å². The van der Waals surface area contributed by atoms with Gasteiger partial charge in [0.2, 0.25) is 0 Å². The molecule has 22 heavy (non-hydrogen) atoms. The monoisotopic (exact) mass is 302 g/mol. The maximum atomic E-state index is 11.8. The van der Waals surface area contributed by atoms with Gasteiger partial charge in [-0.1, -0.05) is 6.07 Å². The van der Waals surface area contributed by atoms with Crippen molar-refractivity contribution < 1.29 is 9.53 Å². The van der Waals surface area contributed by atoms with Crippen molar-refractivity contribution >= 4 is 11.6 Å². The summed E-state index contributed by atoms with van der Waals surface area (Å²) in [6.45, 7) is 5.60. The molecule has 0 bridgehead atoms. The molecule has 3 rings (SSSR count). The molecule has 0 N–H and O–H groups in total. The van der Waals surface area contributed by atoms with E-state index in [1.54, 1.807) is 16.6 Å². The second kappa shape index (κ2) is 6.04. The minimum Gasteiger partial charge on any atom is -0.464 e. The van der Waals surface area contributed by atoms with Gasteiger partial charge in [-0.2, -0.15) is 5.10 Å². The van der Waals surface area contributed by atoms with Crippen LogP contribution in [0.2, 0.25) is 0 Å². The normalized spacial score (nSPS) is 19.2. The SMILES string of the molecule is COC(=O)c1cccc2nc(CC3CCCN3C(C)C)nn12. The van der Waals surface area contributed by atoms with E-state index >= 15 is 0 Å². The van der Waals surface area contributed by atoms with Gasteiger partial charge in [0.1, 0.15) is 0 Å². The summed E-state index contributed by atoms with van der Waals surface area (Å²) in [5.41, 5.74) is 1.10. The van der Waals surface area contributed by atoms with Crippen LogP contribution >= 0.6 is 0 Å². The minimum atomic E-state index is -0.397. The zero-order valence-corrected chi connectivity index (χ0v) is 13.3. The molecule has 3 heterocycles. The number of methoxy groups -OCH3 is 1. The van der Waals surface area contributed by atoms with Crippen LogP contribution in [0.4, 0.5) is 0 Å². The largest absolute Gasteiger partial charge is 0.464 e. The fraction of sp³-hybridized carbons (Fsp3) is 0.562. The Labute approximate surface area is 130 Å². The summed E-state index contributed by atoms with van der Waals surface area (Å²) in [5, 5.41) is 4.52. The quantitative estimate of drug-likeness (QED) is 0.808. The molecule has 2 aromatic rings. The van der Waals surface area contributed by atoms with Gasteiger partial charge in [0.25, 0.3) is 0 Å². The highest BCUT2D eigenvalue weighted by molar-refractivity contribution is 5.88. The predicted octanol–water partition coefficient (Wildman–Crippen LogP) is 1.93. The van der Waals surface area contributed by atoms with Crippen LogP contribution in [-0.2, 0) is 11.2 Å². The van der Waals surface area contributed by atoms with Crippen molar-refractivity contribution in [3.05, 3.63) is 29.7 Å². The molecular weight excluding hydrogens is 280 g/mol. The zero-order valence-electron chi connectivity index (χ0n) is 13.3. The van der Waals surface area contributed by atoms with E-state index in [0.717, 1.165) is 18.8 Å². The highest BCUT2D eigenvalue weighted by Crippen LogP contribution is 2.22. The van der Waals surface area contributed by atoms with E-state index in [4.69, 9.17) is 4.74 Å². The summed E-state index contributed by atoms with van der Waals surface area (Å²) in [6.07, 6.45) is 3.22. The van der Waals surface area contributed by atoms with Gasteiger partial charge in [-0.15, -0.1) is 0 Å². The van der Waals surface area contributed by atoms with Crippen molar-refractivity contribution in [2.75, 3.05) is 13.7 Å². The third kappa shape index (κ3) is 2.70. The Hall–Kier alpha value is -1.95. The predicted molar refractivity (Wildman–Crippen MR) is 82.9 cm³/mol. The van der Waals surface area contributed by atoms with Crippen LogP contribution in [0.3, 0.4) is 0 Å². The summed E-state index contributed by atoms with van der Waals surface area (Å²) in [6, 6.07) is 6.38. The van der Waals surface area contributed by atoms with E-state index in [2.05, 4.69) is 28.8 Å². The molecular formula is C16H22N4O2. The second-order valence-corrected chi connectivity index (χ2v) is 6.03. The Balaban J connectivity index is 1.88. The summed E-state index contributed by atoms with van der Waals surface area (Å²) in [5.74, 6) is 0.389. The molecule has 1 saturated heterocycles. The first-order valence-corrected chi connectivity index (χ1v) is 7.79. The Morgan fingerprint density at radius 1 is 1.45 bits per heavy atom. The van der Waals surface area contributed by atoms with Crippen LogP contribution in [0.5, 0.6) is 0 Å². The fourth-order valence-corrected chi connectivity index (χ4v) is 3.26. The molecule has 118 valence electrons. The Bertz CT molecular complexity index is 680. The molecule has 0 saturated carbocycles. The first-order chi connectivity index (χ1) is 10.6. The van der Waals surface area contributed by atoms with Crippen molar-refractivity contribution in [2.24, 2.45) is 0 Å². The number of hydrogen-bond donors (Lipinski definition) is 0. The van der Waals surface area contributed by atoms with Crippen LogP contribution in [0, 0.1) is 0 Å². The number of carbonyl (C=O) groups excluding carboxylic acids is 1. The molecule has 1 aliphatic heterocycles. The lowest BCUT2D eigenvalue weighted by molar-refractivity contribution is 0.0591. The van der Waals surface area contributed by atoms with Gasteiger partial charge >= 0.3 is 5.97 Å². The van der Waals surface area contributed by atoms with Gasteiger partial charge in [-0.3, -0.25) is 4.90 Å². The molecule has 1 unspecified atom stereocenters. The molecule has 0 spiro atoms. The average molecular weight is 302 g/mol.